The number of aromatic amines is 1. The maximum absolute atomic E-state index is 13.0. The summed E-state index contributed by atoms with van der Waals surface area (Å²) in [6, 6.07) is 15.2. The van der Waals surface area contributed by atoms with E-state index in [2.05, 4.69) is 15.5 Å². The van der Waals surface area contributed by atoms with Gasteiger partial charge >= 0.3 is 0 Å². The summed E-state index contributed by atoms with van der Waals surface area (Å²) in [5.74, 6) is -0.0366. The molecule has 1 amide bonds. The minimum absolute atomic E-state index is 0.0366. The number of anilines is 2. The van der Waals surface area contributed by atoms with E-state index in [0.29, 0.717) is 17.6 Å². The normalized spacial score (nSPS) is 16.4. The molecule has 0 spiro atoms. The first-order valence-corrected chi connectivity index (χ1v) is 8.25. The van der Waals surface area contributed by atoms with Crippen LogP contribution in [0.2, 0.25) is 0 Å². The summed E-state index contributed by atoms with van der Waals surface area (Å²) in [4.78, 5) is 26.7. The van der Waals surface area contributed by atoms with Crippen molar-refractivity contribution >= 4 is 28.1 Å². The van der Waals surface area contributed by atoms with Crippen molar-refractivity contribution in [3.63, 3.8) is 0 Å². The van der Waals surface area contributed by atoms with Gasteiger partial charge in [0.2, 0.25) is 5.91 Å². The quantitative estimate of drug-likeness (QED) is 0.754. The molecule has 0 fully saturated rings. The zero-order valence-corrected chi connectivity index (χ0v) is 13.8. The summed E-state index contributed by atoms with van der Waals surface area (Å²) in [6.07, 6.45) is 0.137. The molecule has 1 aromatic heterocycles. The number of aromatic nitrogens is 2. The van der Waals surface area contributed by atoms with Crippen molar-refractivity contribution < 1.29 is 4.79 Å². The van der Waals surface area contributed by atoms with E-state index < -0.39 is 0 Å². The minimum atomic E-state index is -0.243. The number of carbonyl (C=O) groups is 1. The van der Waals surface area contributed by atoms with Crippen molar-refractivity contribution in [3.8, 4) is 0 Å². The summed E-state index contributed by atoms with van der Waals surface area (Å²) in [5.41, 5.74) is 2.17. The number of hydrogen-bond donors (Lipinski definition) is 2. The molecule has 0 radical (unpaired) electrons. The molecule has 1 atom stereocenters. The predicted molar refractivity (Wildman–Crippen MR) is 97.9 cm³/mol. The van der Waals surface area contributed by atoms with Gasteiger partial charge in [-0.05, 0) is 25.1 Å². The van der Waals surface area contributed by atoms with Crippen LogP contribution in [-0.2, 0) is 11.2 Å². The molecule has 1 unspecified atom stereocenters. The van der Waals surface area contributed by atoms with Gasteiger partial charge in [-0.2, -0.15) is 5.10 Å². The van der Waals surface area contributed by atoms with Gasteiger partial charge in [0.05, 0.1) is 28.9 Å². The van der Waals surface area contributed by atoms with Crippen LogP contribution in [0.1, 0.15) is 12.6 Å². The van der Waals surface area contributed by atoms with E-state index in [-0.39, 0.29) is 23.9 Å². The van der Waals surface area contributed by atoms with Gasteiger partial charge < -0.3 is 10.2 Å². The van der Waals surface area contributed by atoms with Gasteiger partial charge in [0.25, 0.3) is 5.56 Å². The van der Waals surface area contributed by atoms with E-state index in [1.54, 1.807) is 17.0 Å². The SMILES string of the molecule is CC1CN(C(=O)Cc2n[nH]c(=O)c3ccccc23)c2ccccc2N1. The van der Waals surface area contributed by atoms with Crippen molar-refractivity contribution in [3.05, 3.63) is 64.6 Å². The monoisotopic (exact) mass is 334 g/mol. The predicted octanol–water partition coefficient (Wildman–Crippen LogP) is 2.31. The number of carbonyl (C=O) groups excluding carboxylic acids is 1. The molecule has 0 saturated carbocycles. The number of rotatable bonds is 2. The van der Waals surface area contributed by atoms with Crippen LogP contribution in [0.4, 0.5) is 11.4 Å². The van der Waals surface area contributed by atoms with Crippen LogP contribution in [0, 0.1) is 0 Å². The molecule has 6 nitrogen and oxygen atoms in total. The van der Waals surface area contributed by atoms with Crippen LogP contribution in [0.3, 0.4) is 0 Å². The van der Waals surface area contributed by atoms with Crippen LogP contribution in [-0.4, -0.2) is 28.7 Å². The highest BCUT2D eigenvalue weighted by molar-refractivity contribution is 6.00. The largest absolute Gasteiger partial charge is 0.379 e. The first-order valence-electron chi connectivity index (χ1n) is 8.25. The van der Waals surface area contributed by atoms with E-state index in [9.17, 15) is 9.59 Å². The molecule has 126 valence electrons. The highest BCUT2D eigenvalue weighted by Crippen LogP contribution is 2.31. The molecule has 2 N–H and O–H groups in total. The molecule has 0 saturated heterocycles. The Morgan fingerprint density at radius 2 is 1.88 bits per heavy atom. The molecule has 25 heavy (non-hydrogen) atoms. The number of amides is 1. The second kappa shape index (κ2) is 6.05. The fourth-order valence-electron chi connectivity index (χ4n) is 3.30. The van der Waals surface area contributed by atoms with E-state index in [4.69, 9.17) is 0 Å². The standard InChI is InChI=1S/C19H18N4O2/c1-12-11-23(17-9-5-4-8-15(17)20-12)18(24)10-16-13-6-2-3-7-14(13)19(25)22-21-16/h2-9,12,20H,10-11H2,1H3,(H,22,25). The summed E-state index contributed by atoms with van der Waals surface area (Å²) >= 11 is 0. The summed E-state index contributed by atoms with van der Waals surface area (Å²) in [5, 5.41) is 11.3. The Morgan fingerprint density at radius 3 is 2.72 bits per heavy atom. The molecule has 0 bridgehead atoms. The third-order valence-corrected chi connectivity index (χ3v) is 4.45. The van der Waals surface area contributed by atoms with Crippen molar-refractivity contribution in [2.24, 2.45) is 0 Å². The molecular formula is C19H18N4O2. The number of fused-ring (bicyclic) bond motifs is 2. The third-order valence-electron chi connectivity index (χ3n) is 4.45. The maximum atomic E-state index is 13.0. The lowest BCUT2D eigenvalue weighted by atomic mass is 10.1. The molecule has 2 heterocycles. The topological polar surface area (TPSA) is 78.1 Å². The number of benzene rings is 2. The smallest absolute Gasteiger partial charge is 0.272 e. The summed E-state index contributed by atoms with van der Waals surface area (Å²) < 4.78 is 0. The summed E-state index contributed by atoms with van der Waals surface area (Å²) in [6.45, 7) is 2.64. The highest BCUT2D eigenvalue weighted by atomic mass is 16.2. The van der Waals surface area contributed by atoms with Gasteiger partial charge in [-0.25, -0.2) is 5.10 Å². The van der Waals surface area contributed by atoms with E-state index in [1.807, 2.05) is 43.3 Å². The molecule has 0 aliphatic carbocycles. The zero-order valence-electron chi connectivity index (χ0n) is 13.8. The summed E-state index contributed by atoms with van der Waals surface area (Å²) in [7, 11) is 0. The van der Waals surface area contributed by atoms with Crippen molar-refractivity contribution in [2.75, 3.05) is 16.8 Å². The third kappa shape index (κ3) is 2.76. The lowest BCUT2D eigenvalue weighted by Crippen LogP contribution is -2.44. The molecule has 3 aromatic rings. The Kier molecular flexibility index (Phi) is 3.72. The molecule has 1 aliphatic heterocycles. The van der Waals surface area contributed by atoms with Gasteiger partial charge in [0, 0.05) is 18.0 Å². The Bertz CT molecular complexity index is 1010. The lowest BCUT2D eigenvalue weighted by Gasteiger charge is -2.34. The second-order valence-corrected chi connectivity index (χ2v) is 6.29. The Labute approximate surface area is 144 Å². The van der Waals surface area contributed by atoms with Crippen LogP contribution in [0.15, 0.2) is 53.3 Å². The average molecular weight is 334 g/mol. The fraction of sp³-hybridized carbons (Fsp3) is 0.211. The number of para-hydroxylation sites is 2. The van der Waals surface area contributed by atoms with Gasteiger partial charge in [0.1, 0.15) is 0 Å². The second-order valence-electron chi connectivity index (χ2n) is 6.29. The van der Waals surface area contributed by atoms with E-state index in [0.717, 1.165) is 16.8 Å². The molecular weight excluding hydrogens is 316 g/mol. The van der Waals surface area contributed by atoms with Crippen LogP contribution >= 0.6 is 0 Å². The van der Waals surface area contributed by atoms with Crippen LogP contribution in [0.25, 0.3) is 10.8 Å². The highest BCUT2D eigenvalue weighted by Gasteiger charge is 2.26. The van der Waals surface area contributed by atoms with Crippen molar-refractivity contribution in [2.45, 2.75) is 19.4 Å². The maximum Gasteiger partial charge on any atom is 0.272 e. The van der Waals surface area contributed by atoms with Crippen molar-refractivity contribution in [1.29, 1.82) is 0 Å². The molecule has 6 heteroatoms. The van der Waals surface area contributed by atoms with Gasteiger partial charge in [-0.3, -0.25) is 9.59 Å². The van der Waals surface area contributed by atoms with Crippen LogP contribution in [0.5, 0.6) is 0 Å². The Morgan fingerprint density at radius 1 is 1.16 bits per heavy atom. The van der Waals surface area contributed by atoms with Gasteiger partial charge in [-0.15, -0.1) is 0 Å². The lowest BCUT2D eigenvalue weighted by molar-refractivity contribution is -0.118. The van der Waals surface area contributed by atoms with E-state index >= 15 is 0 Å². The van der Waals surface area contributed by atoms with E-state index in [1.165, 1.54) is 0 Å². The van der Waals surface area contributed by atoms with Gasteiger partial charge in [0.15, 0.2) is 0 Å². The first-order chi connectivity index (χ1) is 12.1. The number of H-pyrrole nitrogens is 1. The Hall–Kier alpha value is -3.15. The average Bonchev–Trinajstić information content (AvgIpc) is 2.63. The molecule has 2 aromatic carbocycles. The number of nitrogens with one attached hydrogen (secondary N) is 2. The van der Waals surface area contributed by atoms with Crippen LogP contribution < -0.4 is 15.8 Å². The minimum Gasteiger partial charge on any atom is -0.379 e. The first kappa shape index (κ1) is 15.4. The van der Waals surface area contributed by atoms with Gasteiger partial charge in [-0.1, -0.05) is 30.3 Å². The number of hydrogen-bond acceptors (Lipinski definition) is 4. The molecule has 4 rings (SSSR count). The molecule has 1 aliphatic rings. The number of nitrogens with zero attached hydrogens (tertiary/aromatic N) is 2. The zero-order chi connectivity index (χ0) is 17.4. The fourth-order valence-corrected chi connectivity index (χ4v) is 3.30. The van der Waals surface area contributed by atoms with Crippen molar-refractivity contribution in [1.82, 2.24) is 10.2 Å². The Balaban J connectivity index is 1.70.